The summed E-state index contributed by atoms with van der Waals surface area (Å²) in [5.41, 5.74) is 3.68. The molecule has 6 rings (SSSR count). The lowest BCUT2D eigenvalue weighted by Crippen LogP contribution is -2.15. The van der Waals surface area contributed by atoms with E-state index in [0.717, 1.165) is 23.9 Å². The van der Waals surface area contributed by atoms with Crippen molar-refractivity contribution < 1.29 is 9.47 Å². The van der Waals surface area contributed by atoms with Crippen LogP contribution in [0.3, 0.4) is 0 Å². The van der Waals surface area contributed by atoms with Crippen LogP contribution in [0.1, 0.15) is 69.4 Å². The Labute approximate surface area is 211 Å². The molecular formula is C29H35N3O2S. The standard InChI is InChI=1S/C29H35N3O2S/c1-31-26-15-18-35-28(26)19-27(31)29-30-25(21-7-6-8-21)20-32(29)16-17-33-22-11-13-24(14-12-22)34-23-9-4-2-3-5-10-23/h11-15,18-21,23H,2-10,16-17H2,1H3. The van der Waals surface area contributed by atoms with Gasteiger partial charge < -0.3 is 18.6 Å². The van der Waals surface area contributed by atoms with Crippen molar-refractivity contribution in [1.82, 2.24) is 14.1 Å². The predicted molar refractivity (Wildman–Crippen MR) is 143 cm³/mol. The number of aryl methyl sites for hydroxylation is 1. The maximum Gasteiger partial charge on any atom is 0.157 e. The van der Waals surface area contributed by atoms with Gasteiger partial charge in [-0.05, 0) is 80.3 Å². The van der Waals surface area contributed by atoms with Crippen LogP contribution in [0.15, 0.2) is 48.0 Å². The fourth-order valence-corrected chi connectivity index (χ4v) is 6.25. The van der Waals surface area contributed by atoms with Gasteiger partial charge in [0.2, 0.25) is 0 Å². The van der Waals surface area contributed by atoms with Gasteiger partial charge in [0.05, 0.1) is 34.3 Å². The van der Waals surface area contributed by atoms with Gasteiger partial charge in [0.25, 0.3) is 0 Å². The molecule has 0 bridgehead atoms. The van der Waals surface area contributed by atoms with Crippen LogP contribution < -0.4 is 9.47 Å². The Kier molecular flexibility index (Phi) is 6.55. The second-order valence-corrected chi connectivity index (χ2v) is 11.1. The molecule has 0 amide bonds. The Morgan fingerprint density at radius 2 is 1.71 bits per heavy atom. The smallest absolute Gasteiger partial charge is 0.157 e. The summed E-state index contributed by atoms with van der Waals surface area (Å²) in [6, 6.07) is 12.6. The molecule has 2 fully saturated rings. The first-order valence-corrected chi connectivity index (χ1v) is 14.1. The van der Waals surface area contributed by atoms with Crippen molar-refractivity contribution in [3.63, 3.8) is 0 Å². The minimum atomic E-state index is 0.363. The van der Waals surface area contributed by atoms with E-state index in [1.165, 1.54) is 79.4 Å². The Morgan fingerprint density at radius 3 is 2.43 bits per heavy atom. The number of nitrogens with zero attached hydrogens (tertiary/aromatic N) is 3. The van der Waals surface area contributed by atoms with Gasteiger partial charge in [0, 0.05) is 19.2 Å². The zero-order chi connectivity index (χ0) is 23.6. The predicted octanol–water partition coefficient (Wildman–Crippen LogP) is 7.55. The molecule has 5 nitrogen and oxygen atoms in total. The first-order chi connectivity index (χ1) is 17.2. The van der Waals surface area contributed by atoms with E-state index in [1.807, 2.05) is 24.3 Å². The number of thiophene rings is 1. The molecule has 0 spiro atoms. The highest BCUT2D eigenvalue weighted by molar-refractivity contribution is 7.17. The largest absolute Gasteiger partial charge is 0.492 e. The van der Waals surface area contributed by atoms with Crippen LogP contribution in [-0.2, 0) is 13.6 Å². The van der Waals surface area contributed by atoms with Gasteiger partial charge in [-0.15, -0.1) is 11.3 Å². The summed E-state index contributed by atoms with van der Waals surface area (Å²) < 4.78 is 18.2. The van der Waals surface area contributed by atoms with Crippen molar-refractivity contribution in [2.75, 3.05) is 6.61 Å². The lowest BCUT2D eigenvalue weighted by atomic mass is 9.83. The van der Waals surface area contributed by atoms with Crippen LogP contribution in [0.25, 0.3) is 21.7 Å². The molecule has 0 saturated heterocycles. The Hall–Kier alpha value is -2.73. The van der Waals surface area contributed by atoms with Crippen LogP contribution in [0.2, 0.25) is 0 Å². The summed E-state index contributed by atoms with van der Waals surface area (Å²) in [6.07, 6.45) is 14.0. The summed E-state index contributed by atoms with van der Waals surface area (Å²) in [5.74, 6) is 3.50. The molecule has 4 aromatic rings. The summed E-state index contributed by atoms with van der Waals surface area (Å²) in [5, 5.41) is 2.15. The molecule has 1 aromatic carbocycles. The SMILES string of the molecule is Cn1c(-c2nc(C3CCC3)cn2CCOc2ccc(OC3CCCCCC3)cc2)cc2sccc21. The number of aromatic nitrogens is 3. The highest BCUT2D eigenvalue weighted by atomic mass is 32.1. The molecule has 3 heterocycles. The number of rotatable bonds is 8. The van der Waals surface area contributed by atoms with Gasteiger partial charge in [-0.3, -0.25) is 0 Å². The lowest BCUT2D eigenvalue weighted by molar-refractivity contribution is 0.183. The van der Waals surface area contributed by atoms with Crippen LogP contribution in [0.4, 0.5) is 0 Å². The molecule has 0 atom stereocenters. The maximum atomic E-state index is 6.23. The number of benzene rings is 1. The second kappa shape index (κ2) is 10.1. The van der Waals surface area contributed by atoms with Crippen LogP contribution in [0, 0.1) is 0 Å². The molecule has 0 radical (unpaired) electrons. The Bertz CT molecular complexity index is 1260. The van der Waals surface area contributed by atoms with Gasteiger partial charge in [0.15, 0.2) is 5.82 Å². The first-order valence-electron chi connectivity index (χ1n) is 13.2. The number of hydrogen-bond acceptors (Lipinski definition) is 4. The number of hydrogen-bond donors (Lipinski definition) is 0. The molecular weight excluding hydrogens is 454 g/mol. The molecule has 2 saturated carbocycles. The zero-order valence-electron chi connectivity index (χ0n) is 20.6. The Morgan fingerprint density at radius 1 is 0.943 bits per heavy atom. The lowest BCUT2D eigenvalue weighted by Gasteiger charge is -2.22. The van der Waals surface area contributed by atoms with E-state index >= 15 is 0 Å². The quantitative estimate of drug-likeness (QED) is 0.240. The van der Waals surface area contributed by atoms with E-state index in [0.29, 0.717) is 18.6 Å². The van der Waals surface area contributed by atoms with E-state index in [4.69, 9.17) is 14.5 Å². The average molecular weight is 490 g/mol. The number of imidazole rings is 1. The molecule has 35 heavy (non-hydrogen) atoms. The molecule has 0 aliphatic heterocycles. The minimum Gasteiger partial charge on any atom is -0.492 e. The number of ether oxygens (including phenoxy) is 2. The van der Waals surface area contributed by atoms with Crippen molar-refractivity contribution in [3.8, 4) is 23.0 Å². The molecule has 184 valence electrons. The normalized spacial score (nSPS) is 17.4. The van der Waals surface area contributed by atoms with Crippen molar-refractivity contribution >= 4 is 21.6 Å². The molecule has 0 N–H and O–H groups in total. The van der Waals surface area contributed by atoms with E-state index in [2.05, 4.69) is 39.9 Å². The topological polar surface area (TPSA) is 41.2 Å². The van der Waals surface area contributed by atoms with Crippen molar-refractivity contribution in [3.05, 3.63) is 53.7 Å². The van der Waals surface area contributed by atoms with Crippen LogP contribution in [0.5, 0.6) is 11.5 Å². The Balaban J connectivity index is 1.13. The molecule has 3 aromatic heterocycles. The van der Waals surface area contributed by atoms with Crippen LogP contribution in [-0.4, -0.2) is 26.8 Å². The number of fused-ring (bicyclic) bond motifs is 1. The van der Waals surface area contributed by atoms with Gasteiger partial charge in [-0.1, -0.05) is 19.3 Å². The van der Waals surface area contributed by atoms with Crippen molar-refractivity contribution in [2.24, 2.45) is 7.05 Å². The fraction of sp³-hybridized carbons (Fsp3) is 0.483. The summed E-state index contributed by atoms with van der Waals surface area (Å²) in [4.78, 5) is 5.11. The molecule has 0 unspecified atom stereocenters. The molecule has 6 heteroatoms. The monoisotopic (exact) mass is 489 g/mol. The maximum absolute atomic E-state index is 6.23. The fourth-order valence-electron chi connectivity index (χ4n) is 5.40. The highest BCUT2D eigenvalue weighted by Crippen LogP contribution is 2.38. The van der Waals surface area contributed by atoms with Gasteiger partial charge in [0.1, 0.15) is 18.1 Å². The van der Waals surface area contributed by atoms with E-state index in [9.17, 15) is 0 Å². The third-order valence-electron chi connectivity index (χ3n) is 7.74. The van der Waals surface area contributed by atoms with E-state index < -0.39 is 0 Å². The third kappa shape index (κ3) is 4.86. The first kappa shape index (κ1) is 22.7. The minimum absolute atomic E-state index is 0.363. The molecule has 2 aliphatic rings. The van der Waals surface area contributed by atoms with E-state index in [-0.39, 0.29) is 0 Å². The average Bonchev–Trinajstić information content (AvgIpc) is 3.46. The van der Waals surface area contributed by atoms with Crippen molar-refractivity contribution in [1.29, 1.82) is 0 Å². The van der Waals surface area contributed by atoms with Gasteiger partial charge in [-0.2, -0.15) is 0 Å². The van der Waals surface area contributed by atoms with Crippen LogP contribution >= 0.6 is 11.3 Å². The van der Waals surface area contributed by atoms with Gasteiger partial charge in [-0.25, -0.2) is 4.98 Å². The summed E-state index contributed by atoms with van der Waals surface area (Å²) >= 11 is 1.79. The summed E-state index contributed by atoms with van der Waals surface area (Å²) in [6.45, 7) is 1.38. The van der Waals surface area contributed by atoms with Gasteiger partial charge >= 0.3 is 0 Å². The molecule has 2 aliphatic carbocycles. The zero-order valence-corrected chi connectivity index (χ0v) is 21.4. The third-order valence-corrected chi connectivity index (χ3v) is 8.59. The summed E-state index contributed by atoms with van der Waals surface area (Å²) in [7, 11) is 2.14. The second-order valence-electron chi connectivity index (χ2n) is 10.1. The van der Waals surface area contributed by atoms with E-state index in [1.54, 1.807) is 11.3 Å². The highest BCUT2D eigenvalue weighted by Gasteiger charge is 2.25. The van der Waals surface area contributed by atoms with Crippen molar-refractivity contribution in [2.45, 2.75) is 76.4 Å².